The molecule has 9 nitrogen and oxygen atoms in total. The van der Waals surface area contributed by atoms with Gasteiger partial charge in [-0.15, -0.1) is 0 Å². The average molecular weight is 483 g/mol. The molecule has 0 aromatic heterocycles. The van der Waals surface area contributed by atoms with Crippen molar-refractivity contribution in [3.8, 4) is 11.5 Å². The molecule has 2 aromatic carbocycles. The Bertz CT molecular complexity index is 1000. The predicted molar refractivity (Wildman–Crippen MR) is 133 cm³/mol. The van der Waals surface area contributed by atoms with Crippen LogP contribution in [0.4, 0.5) is 0 Å². The smallest absolute Gasteiger partial charge is 0.252 e. The summed E-state index contributed by atoms with van der Waals surface area (Å²) in [6, 6.07) is 13.0. The summed E-state index contributed by atoms with van der Waals surface area (Å²) in [7, 11) is 6.53. The first kappa shape index (κ1) is 27.4. The van der Waals surface area contributed by atoms with E-state index in [4.69, 9.17) is 4.74 Å². The molecule has 0 heterocycles. The molecule has 188 valence electrons. The molecule has 0 radical (unpaired) electrons. The predicted octanol–water partition coefficient (Wildman–Crippen LogP) is 2.67. The molecule has 0 fully saturated rings. The van der Waals surface area contributed by atoms with Gasteiger partial charge < -0.3 is 25.2 Å². The van der Waals surface area contributed by atoms with Gasteiger partial charge in [0.25, 0.3) is 11.8 Å². The Morgan fingerprint density at radius 1 is 0.600 bits per heavy atom. The number of carbonyl (C=O) groups excluding carboxylic acids is 4. The topological polar surface area (TPSA) is 108 Å². The van der Waals surface area contributed by atoms with Gasteiger partial charge in [0.05, 0.1) is 0 Å². The van der Waals surface area contributed by atoms with E-state index < -0.39 is 11.1 Å². The van der Waals surface area contributed by atoms with Gasteiger partial charge in [0.2, 0.25) is 11.8 Å². The number of hydrogen-bond donors (Lipinski definition) is 2. The van der Waals surface area contributed by atoms with E-state index in [1.807, 2.05) is 0 Å². The lowest BCUT2D eigenvalue weighted by Crippen LogP contribution is -2.54. The van der Waals surface area contributed by atoms with E-state index in [0.717, 1.165) is 0 Å². The Kier molecular flexibility index (Phi) is 8.28. The van der Waals surface area contributed by atoms with Crippen LogP contribution in [0.3, 0.4) is 0 Å². The van der Waals surface area contributed by atoms with Crippen molar-refractivity contribution in [2.75, 3.05) is 28.2 Å². The molecular formula is C26H34N4O5. The monoisotopic (exact) mass is 482 g/mol. The van der Waals surface area contributed by atoms with Crippen LogP contribution in [-0.4, -0.2) is 72.7 Å². The molecule has 35 heavy (non-hydrogen) atoms. The summed E-state index contributed by atoms with van der Waals surface area (Å²) < 4.78 is 5.80. The van der Waals surface area contributed by atoms with E-state index in [-0.39, 0.29) is 23.6 Å². The molecule has 0 bridgehead atoms. The van der Waals surface area contributed by atoms with Gasteiger partial charge in [-0.25, -0.2) is 0 Å². The highest BCUT2D eigenvalue weighted by molar-refractivity contribution is 5.99. The highest BCUT2D eigenvalue weighted by Gasteiger charge is 2.32. The second kappa shape index (κ2) is 10.6. The molecule has 2 aromatic rings. The largest absolute Gasteiger partial charge is 0.457 e. The summed E-state index contributed by atoms with van der Waals surface area (Å²) in [5.74, 6) is -0.169. The van der Waals surface area contributed by atoms with E-state index in [2.05, 4.69) is 10.6 Å². The Morgan fingerprint density at radius 2 is 0.886 bits per heavy atom. The fraction of sp³-hybridized carbons (Fsp3) is 0.385. The van der Waals surface area contributed by atoms with Gasteiger partial charge in [-0.1, -0.05) is 0 Å². The molecule has 0 spiro atoms. The van der Waals surface area contributed by atoms with Crippen molar-refractivity contribution in [2.45, 2.75) is 38.8 Å². The first-order chi connectivity index (χ1) is 16.1. The quantitative estimate of drug-likeness (QED) is 0.602. The van der Waals surface area contributed by atoms with Crippen LogP contribution in [0.5, 0.6) is 11.5 Å². The molecule has 0 saturated heterocycles. The van der Waals surface area contributed by atoms with E-state index in [1.54, 1.807) is 104 Å². The minimum Gasteiger partial charge on any atom is -0.457 e. The highest BCUT2D eigenvalue weighted by atomic mass is 16.5. The zero-order chi connectivity index (χ0) is 26.6. The SMILES string of the molecule is CN(C)C(=O)C(C)(C)NC(=O)c1ccc(Oc2ccc(C(=O)NC(C)(C)C(=O)N(C)C)cc2)cc1. The third kappa shape index (κ3) is 7.05. The van der Waals surface area contributed by atoms with Crippen LogP contribution in [0.25, 0.3) is 0 Å². The molecule has 2 N–H and O–H groups in total. The fourth-order valence-corrected chi connectivity index (χ4v) is 3.42. The molecule has 0 aliphatic heterocycles. The molecule has 0 aliphatic carbocycles. The third-order valence-corrected chi connectivity index (χ3v) is 5.20. The Morgan fingerprint density at radius 3 is 1.14 bits per heavy atom. The summed E-state index contributed by atoms with van der Waals surface area (Å²) in [4.78, 5) is 52.4. The van der Waals surface area contributed by atoms with Crippen molar-refractivity contribution in [1.29, 1.82) is 0 Å². The van der Waals surface area contributed by atoms with Crippen molar-refractivity contribution < 1.29 is 23.9 Å². The number of benzene rings is 2. The maximum atomic E-state index is 12.6. The van der Waals surface area contributed by atoms with Gasteiger partial charge in [0.15, 0.2) is 0 Å². The van der Waals surface area contributed by atoms with Gasteiger partial charge in [0, 0.05) is 39.3 Å². The van der Waals surface area contributed by atoms with Crippen molar-refractivity contribution >= 4 is 23.6 Å². The van der Waals surface area contributed by atoms with Crippen molar-refractivity contribution in [1.82, 2.24) is 20.4 Å². The molecule has 0 saturated carbocycles. The standard InChI is InChI=1S/C26H34N4O5/c1-25(2,23(33)29(5)6)27-21(31)17-9-13-19(14-10-17)35-20-15-11-18(12-16-20)22(32)28-26(3,4)24(34)30(7)8/h9-16H,1-8H3,(H,27,31)(H,28,32). The number of rotatable bonds is 8. The lowest BCUT2D eigenvalue weighted by atomic mass is 10.0. The summed E-state index contributed by atoms with van der Waals surface area (Å²) in [6.45, 7) is 6.59. The van der Waals surface area contributed by atoms with E-state index >= 15 is 0 Å². The molecule has 0 aliphatic rings. The number of ether oxygens (including phenoxy) is 1. The Labute approximate surface area is 206 Å². The third-order valence-electron chi connectivity index (χ3n) is 5.20. The number of amides is 4. The van der Waals surface area contributed by atoms with E-state index in [0.29, 0.717) is 22.6 Å². The molecule has 4 amide bonds. The summed E-state index contributed by atoms with van der Waals surface area (Å²) in [6.07, 6.45) is 0. The van der Waals surface area contributed by atoms with Crippen molar-refractivity contribution in [3.05, 3.63) is 59.7 Å². The van der Waals surface area contributed by atoms with Gasteiger partial charge in [-0.3, -0.25) is 19.2 Å². The molecule has 9 heteroatoms. The minimum absolute atomic E-state index is 0.212. The van der Waals surface area contributed by atoms with Gasteiger partial charge in [0.1, 0.15) is 22.6 Å². The summed E-state index contributed by atoms with van der Waals surface area (Å²) in [5.41, 5.74) is -1.31. The lowest BCUT2D eigenvalue weighted by molar-refractivity contribution is -0.134. The molecule has 0 unspecified atom stereocenters. The van der Waals surface area contributed by atoms with Gasteiger partial charge >= 0.3 is 0 Å². The van der Waals surface area contributed by atoms with E-state index in [9.17, 15) is 19.2 Å². The average Bonchev–Trinajstić information content (AvgIpc) is 2.78. The number of hydrogen-bond acceptors (Lipinski definition) is 5. The zero-order valence-corrected chi connectivity index (χ0v) is 21.6. The number of nitrogens with zero attached hydrogens (tertiary/aromatic N) is 2. The lowest BCUT2D eigenvalue weighted by Gasteiger charge is -2.28. The highest BCUT2D eigenvalue weighted by Crippen LogP contribution is 2.23. The van der Waals surface area contributed by atoms with Crippen molar-refractivity contribution in [3.63, 3.8) is 0 Å². The Hall–Kier alpha value is -3.88. The summed E-state index contributed by atoms with van der Waals surface area (Å²) in [5, 5.41) is 5.47. The Balaban J connectivity index is 2.02. The van der Waals surface area contributed by atoms with E-state index in [1.165, 1.54) is 9.80 Å². The van der Waals surface area contributed by atoms with Crippen LogP contribution in [0.2, 0.25) is 0 Å². The molecular weight excluding hydrogens is 448 g/mol. The maximum absolute atomic E-state index is 12.6. The summed E-state index contributed by atoms with van der Waals surface area (Å²) >= 11 is 0. The first-order valence-corrected chi connectivity index (χ1v) is 11.1. The van der Waals surface area contributed by atoms with Crippen LogP contribution in [0, 0.1) is 0 Å². The second-order valence-electron chi connectivity index (χ2n) is 9.71. The van der Waals surface area contributed by atoms with Crippen molar-refractivity contribution in [2.24, 2.45) is 0 Å². The van der Waals surface area contributed by atoms with Gasteiger partial charge in [-0.2, -0.15) is 0 Å². The first-order valence-electron chi connectivity index (χ1n) is 11.1. The van der Waals surface area contributed by atoms with Gasteiger partial charge in [-0.05, 0) is 76.2 Å². The van der Waals surface area contributed by atoms with Crippen LogP contribution >= 0.6 is 0 Å². The molecule has 0 atom stereocenters. The van der Waals surface area contributed by atoms with Crippen LogP contribution in [0.1, 0.15) is 48.4 Å². The zero-order valence-electron chi connectivity index (χ0n) is 21.6. The van der Waals surface area contributed by atoms with Crippen LogP contribution in [-0.2, 0) is 9.59 Å². The normalized spacial score (nSPS) is 11.3. The maximum Gasteiger partial charge on any atom is 0.252 e. The van der Waals surface area contributed by atoms with Crippen LogP contribution in [0.15, 0.2) is 48.5 Å². The number of nitrogens with one attached hydrogen (secondary N) is 2. The second-order valence-corrected chi connectivity index (χ2v) is 9.71. The fourth-order valence-electron chi connectivity index (χ4n) is 3.42. The molecule has 2 rings (SSSR count). The minimum atomic E-state index is -1.04. The van der Waals surface area contributed by atoms with Crippen LogP contribution < -0.4 is 15.4 Å². The number of carbonyl (C=O) groups is 4. The number of likely N-dealkylation sites (N-methyl/N-ethyl adjacent to an activating group) is 2.